The Hall–Kier alpha value is -3.06. The Morgan fingerprint density at radius 2 is 1.59 bits per heavy atom. The van der Waals surface area contributed by atoms with E-state index in [9.17, 15) is 9.59 Å². The van der Waals surface area contributed by atoms with Gasteiger partial charge in [0.25, 0.3) is 11.8 Å². The minimum atomic E-state index is -0.394. The van der Waals surface area contributed by atoms with Crippen molar-refractivity contribution in [3.8, 4) is 5.75 Å². The lowest BCUT2D eigenvalue weighted by Crippen LogP contribution is -2.20. The topological polar surface area (TPSA) is 79.8 Å². The number of hydrogen-bond acceptors (Lipinski definition) is 4. The zero-order chi connectivity index (χ0) is 23.1. The quantitative estimate of drug-likeness (QED) is 0.327. The van der Waals surface area contributed by atoms with Gasteiger partial charge in [-0.3, -0.25) is 9.59 Å². The van der Waals surface area contributed by atoms with Crippen LogP contribution in [0.25, 0.3) is 0 Å². The Morgan fingerprint density at radius 1 is 0.969 bits per heavy atom. The van der Waals surface area contributed by atoms with Gasteiger partial charge in [0.15, 0.2) is 12.4 Å². The smallest absolute Gasteiger partial charge is 0.271 e. The number of aryl methyl sites for hydroxylation is 1. The SMILES string of the molecule is Cc1ccc(NC(=O)COc2c(Cl)cc(/C=N/NC(=O)c3ccc(Cl)cc3)cc2Cl)cc1. The minimum Gasteiger partial charge on any atom is -0.481 e. The fourth-order valence-corrected chi connectivity index (χ4v) is 3.33. The van der Waals surface area contributed by atoms with E-state index in [2.05, 4.69) is 15.8 Å². The van der Waals surface area contributed by atoms with Crippen LogP contribution in [-0.4, -0.2) is 24.6 Å². The van der Waals surface area contributed by atoms with Crippen LogP contribution in [0.1, 0.15) is 21.5 Å². The second-order valence-corrected chi connectivity index (χ2v) is 7.97. The monoisotopic (exact) mass is 489 g/mol. The molecule has 2 N–H and O–H groups in total. The maximum Gasteiger partial charge on any atom is 0.271 e. The molecule has 3 aromatic carbocycles. The van der Waals surface area contributed by atoms with Crippen LogP contribution in [-0.2, 0) is 4.79 Å². The van der Waals surface area contributed by atoms with Crippen molar-refractivity contribution in [2.24, 2.45) is 5.10 Å². The summed E-state index contributed by atoms with van der Waals surface area (Å²) >= 11 is 18.3. The molecule has 3 rings (SSSR count). The summed E-state index contributed by atoms with van der Waals surface area (Å²) in [7, 11) is 0. The molecule has 3 aromatic rings. The summed E-state index contributed by atoms with van der Waals surface area (Å²) < 4.78 is 5.49. The maximum absolute atomic E-state index is 12.1. The molecule has 0 aromatic heterocycles. The maximum atomic E-state index is 12.1. The van der Waals surface area contributed by atoms with E-state index >= 15 is 0 Å². The van der Waals surface area contributed by atoms with Crippen LogP contribution in [0, 0.1) is 6.92 Å². The number of anilines is 1. The molecule has 9 heteroatoms. The molecule has 0 saturated carbocycles. The van der Waals surface area contributed by atoms with Gasteiger partial charge in [-0.1, -0.05) is 52.5 Å². The normalized spacial score (nSPS) is 10.8. The largest absolute Gasteiger partial charge is 0.481 e. The van der Waals surface area contributed by atoms with Gasteiger partial charge in [-0.05, 0) is 61.0 Å². The molecule has 0 aliphatic heterocycles. The van der Waals surface area contributed by atoms with Crippen LogP contribution in [0.3, 0.4) is 0 Å². The fourth-order valence-electron chi connectivity index (χ4n) is 2.59. The number of nitrogens with zero attached hydrogens (tertiary/aromatic N) is 1. The summed E-state index contributed by atoms with van der Waals surface area (Å²) in [6, 6.07) is 16.9. The van der Waals surface area contributed by atoms with E-state index in [1.165, 1.54) is 6.21 Å². The molecule has 0 aliphatic carbocycles. The highest BCUT2D eigenvalue weighted by atomic mass is 35.5. The third-order valence-corrected chi connectivity index (χ3v) is 5.00. The zero-order valence-corrected chi connectivity index (χ0v) is 19.1. The summed E-state index contributed by atoms with van der Waals surface area (Å²) in [5.41, 5.74) is 5.10. The van der Waals surface area contributed by atoms with Crippen molar-refractivity contribution in [2.45, 2.75) is 6.92 Å². The number of nitrogens with one attached hydrogen (secondary N) is 2. The van der Waals surface area contributed by atoms with Gasteiger partial charge in [0.1, 0.15) is 0 Å². The Morgan fingerprint density at radius 3 is 2.22 bits per heavy atom. The van der Waals surface area contributed by atoms with Crippen LogP contribution in [0.15, 0.2) is 65.8 Å². The van der Waals surface area contributed by atoms with E-state index in [4.69, 9.17) is 39.5 Å². The van der Waals surface area contributed by atoms with Crippen LogP contribution in [0.4, 0.5) is 5.69 Å². The summed E-state index contributed by atoms with van der Waals surface area (Å²) in [5.74, 6) is -0.569. The Balaban J connectivity index is 1.57. The van der Waals surface area contributed by atoms with E-state index in [1.54, 1.807) is 48.5 Å². The highest BCUT2D eigenvalue weighted by Crippen LogP contribution is 2.33. The standard InChI is InChI=1S/C23H18Cl3N3O3/c1-14-2-8-18(9-3-14)28-21(30)13-32-22-19(25)10-15(11-20(22)26)12-27-29-23(31)16-4-6-17(24)7-5-16/h2-12H,13H2,1H3,(H,28,30)(H,29,31)/b27-12+. The Bertz CT molecular complexity index is 1120. The molecule has 0 atom stereocenters. The number of hydrogen-bond donors (Lipinski definition) is 2. The number of carbonyl (C=O) groups excluding carboxylic acids is 2. The fraction of sp³-hybridized carbons (Fsp3) is 0.0870. The number of hydrazone groups is 1. The van der Waals surface area contributed by atoms with Crippen LogP contribution >= 0.6 is 34.8 Å². The van der Waals surface area contributed by atoms with Gasteiger partial charge >= 0.3 is 0 Å². The van der Waals surface area contributed by atoms with Gasteiger partial charge in [-0.25, -0.2) is 5.43 Å². The lowest BCUT2D eigenvalue weighted by Gasteiger charge is -2.11. The predicted octanol–water partition coefficient (Wildman–Crippen LogP) is 5.74. The number of benzene rings is 3. The first-order valence-electron chi connectivity index (χ1n) is 9.39. The first-order valence-corrected chi connectivity index (χ1v) is 10.5. The highest BCUT2D eigenvalue weighted by molar-refractivity contribution is 6.37. The van der Waals surface area contributed by atoms with Crippen molar-refractivity contribution in [1.82, 2.24) is 5.43 Å². The van der Waals surface area contributed by atoms with Gasteiger partial charge < -0.3 is 10.1 Å². The lowest BCUT2D eigenvalue weighted by molar-refractivity contribution is -0.118. The second-order valence-electron chi connectivity index (χ2n) is 6.72. The lowest BCUT2D eigenvalue weighted by atomic mass is 10.2. The molecular weight excluding hydrogens is 473 g/mol. The zero-order valence-electron chi connectivity index (χ0n) is 16.9. The molecule has 0 aliphatic rings. The molecule has 0 heterocycles. The van der Waals surface area contributed by atoms with Crippen molar-refractivity contribution in [1.29, 1.82) is 0 Å². The van der Waals surface area contributed by atoms with Gasteiger partial charge in [0.2, 0.25) is 0 Å². The molecule has 6 nitrogen and oxygen atoms in total. The van der Waals surface area contributed by atoms with E-state index in [1.807, 2.05) is 19.1 Å². The first-order chi connectivity index (χ1) is 15.3. The third-order valence-electron chi connectivity index (χ3n) is 4.19. The first kappa shape index (κ1) is 23.6. The van der Waals surface area contributed by atoms with Crippen molar-refractivity contribution in [3.63, 3.8) is 0 Å². The molecule has 0 fully saturated rings. The van der Waals surface area contributed by atoms with Crippen molar-refractivity contribution < 1.29 is 14.3 Å². The van der Waals surface area contributed by atoms with E-state index in [-0.39, 0.29) is 28.3 Å². The van der Waals surface area contributed by atoms with Crippen LogP contribution in [0.2, 0.25) is 15.1 Å². The highest BCUT2D eigenvalue weighted by Gasteiger charge is 2.12. The van der Waals surface area contributed by atoms with Crippen molar-refractivity contribution in [3.05, 3.63) is 92.4 Å². The Kier molecular flexibility index (Phi) is 8.11. The summed E-state index contributed by atoms with van der Waals surface area (Å²) in [5, 5.41) is 7.56. The number of rotatable bonds is 7. The number of amides is 2. The second kappa shape index (κ2) is 11.0. The molecule has 2 amide bonds. The van der Waals surface area contributed by atoms with Crippen molar-refractivity contribution in [2.75, 3.05) is 11.9 Å². The van der Waals surface area contributed by atoms with Gasteiger partial charge in [-0.2, -0.15) is 5.10 Å². The van der Waals surface area contributed by atoms with E-state index < -0.39 is 5.91 Å². The number of halogens is 3. The molecule has 32 heavy (non-hydrogen) atoms. The molecule has 0 saturated heterocycles. The average molecular weight is 491 g/mol. The molecule has 0 spiro atoms. The van der Waals surface area contributed by atoms with E-state index in [0.717, 1.165) is 5.56 Å². The summed E-state index contributed by atoms with van der Waals surface area (Å²) in [6.07, 6.45) is 1.39. The van der Waals surface area contributed by atoms with Crippen molar-refractivity contribution >= 4 is 58.5 Å². The van der Waals surface area contributed by atoms with Gasteiger partial charge in [-0.15, -0.1) is 0 Å². The molecular formula is C23H18Cl3N3O3. The van der Waals surface area contributed by atoms with Gasteiger partial charge in [0.05, 0.1) is 16.3 Å². The van der Waals surface area contributed by atoms with E-state index in [0.29, 0.717) is 21.8 Å². The molecule has 0 unspecified atom stereocenters. The van der Waals surface area contributed by atoms with Crippen LogP contribution < -0.4 is 15.5 Å². The number of ether oxygens (including phenoxy) is 1. The predicted molar refractivity (Wildman–Crippen MR) is 128 cm³/mol. The minimum absolute atomic E-state index is 0.176. The summed E-state index contributed by atoms with van der Waals surface area (Å²) in [4.78, 5) is 24.2. The summed E-state index contributed by atoms with van der Waals surface area (Å²) in [6.45, 7) is 1.69. The Labute approximate surface area is 200 Å². The number of carbonyl (C=O) groups is 2. The molecule has 0 radical (unpaired) electrons. The average Bonchev–Trinajstić information content (AvgIpc) is 2.75. The third kappa shape index (κ3) is 6.72. The molecule has 0 bridgehead atoms. The van der Waals surface area contributed by atoms with Gasteiger partial charge in [0, 0.05) is 16.3 Å². The molecule has 164 valence electrons. The van der Waals surface area contributed by atoms with Crippen LogP contribution in [0.5, 0.6) is 5.75 Å².